The van der Waals surface area contributed by atoms with Crippen LogP contribution in [0.25, 0.3) is 0 Å². The van der Waals surface area contributed by atoms with Crippen molar-refractivity contribution in [2.45, 2.75) is 26.1 Å². The van der Waals surface area contributed by atoms with E-state index in [1.54, 1.807) is 13.8 Å². The Labute approximate surface area is 132 Å². The van der Waals surface area contributed by atoms with Crippen LogP contribution in [0.2, 0.25) is 0 Å². The van der Waals surface area contributed by atoms with Gasteiger partial charge in [-0.1, -0.05) is 11.6 Å². The van der Waals surface area contributed by atoms with Gasteiger partial charge in [0, 0.05) is 5.57 Å². The highest BCUT2D eigenvalue weighted by atomic mass is 35.5. The maximum atomic E-state index is 12.2. The second kappa shape index (κ2) is 6.76. The van der Waals surface area contributed by atoms with Crippen LogP contribution in [0.15, 0.2) is 10.6 Å². The topological polar surface area (TPSA) is 88.1 Å². The quantitative estimate of drug-likeness (QED) is 0.546. The molecule has 0 amide bonds. The van der Waals surface area contributed by atoms with Gasteiger partial charge in [0.15, 0.2) is 11.7 Å². The summed E-state index contributed by atoms with van der Waals surface area (Å²) in [6.07, 6.45) is -0.170. The van der Waals surface area contributed by atoms with Crippen molar-refractivity contribution in [2.75, 3.05) is 26.4 Å². The second-order valence-corrected chi connectivity index (χ2v) is 5.09. The first-order chi connectivity index (χ1) is 10.5. The molecule has 7 nitrogen and oxygen atoms in total. The number of hydrogen-bond acceptors (Lipinski definition) is 7. The lowest BCUT2D eigenvalue weighted by molar-refractivity contribution is -0.168. The summed E-state index contributed by atoms with van der Waals surface area (Å²) in [5, 5.41) is -0.229. The van der Waals surface area contributed by atoms with Crippen LogP contribution in [0, 0.1) is 5.92 Å². The minimum absolute atomic E-state index is 0.0198. The Morgan fingerprint density at radius 3 is 2.14 bits per heavy atom. The maximum Gasteiger partial charge on any atom is 0.324 e. The van der Waals surface area contributed by atoms with E-state index < -0.39 is 29.4 Å². The Morgan fingerprint density at radius 1 is 1.18 bits per heavy atom. The van der Waals surface area contributed by atoms with Crippen LogP contribution in [0.5, 0.6) is 0 Å². The molecule has 122 valence electrons. The zero-order valence-corrected chi connectivity index (χ0v) is 13.1. The van der Waals surface area contributed by atoms with Crippen LogP contribution < -0.4 is 0 Å². The predicted molar refractivity (Wildman–Crippen MR) is 73.9 cm³/mol. The largest absolute Gasteiger partial charge is 0.465 e. The lowest BCUT2D eigenvalue weighted by Gasteiger charge is -2.28. The number of hydrogen-bond donors (Lipinski definition) is 0. The van der Waals surface area contributed by atoms with Crippen molar-refractivity contribution in [3.8, 4) is 0 Å². The highest BCUT2D eigenvalue weighted by Crippen LogP contribution is 2.45. The van der Waals surface area contributed by atoms with Gasteiger partial charge in [0.25, 0.3) is 0 Å². The van der Waals surface area contributed by atoms with Crippen LogP contribution in [-0.2, 0) is 33.3 Å². The zero-order valence-electron chi connectivity index (χ0n) is 12.3. The molecule has 0 radical (unpaired) electrons. The van der Waals surface area contributed by atoms with E-state index in [0.717, 1.165) is 0 Å². The second-order valence-electron chi connectivity index (χ2n) is 4.71. The van der Waals surface area contributed by atoms with Gasteiger partial charge in [-0.15, -0.1) is 0 Å². The van der Waals surface area contributed by atoms with Crippen LogP contribution in [0.4, 0.5) is 0 Å². The summed E-state index contributed by atoms with van der Waals surface area (Å²) in [6, 6.07) is 0. The van der Waals surface area contributed by atoms with Gasteiger partial charge in [0.05, 0.1) is 37.9 Å². The number of halogens is 1. The third-order valence-electron chi connectivity index (χ3n) is 3.37. The molecular formula is C14H17ClO7. The number of carbonyl (C=O) groups is 3. The Kier molecular flexibility index (Phi) is 5.20. The van der Waals surface area contributed by atoms with Crippen molar-refractivity contribution in [2.24, 2.45) is 5.92 Å². The average Bonchev–Trinajstić information content (AvgIpc) is 3.01. The Morgan fingerprint density at radius 2 is 1.68 bits per heavy atom. The smallest absolute Gasteiger partial charge is 0.324 e. The molecular weight excluding hydrogens is 316 g/mol. The fourth-order valence-electron chi connectivity index (χ4n) is 2.54. The molecule has 1 spiro atoms. The number of allylic oxidation sites excluding steroid dienone is 1. The van der Waals surface area contributed by atoms with Gasteiger partial charge in [-0.25, -0.2) is 0 Å². The fraction of sp³-hybridized carbons (Fsp3) is 0.643. The lowest BCUT2D eigenvalue weighted by atomic mass is 9.94. The molecule has 0 N–H and O–H groups in total. The molecule has 1 aliphatic carbocycles. The van der Waals surface area contributed by atoms with Crippen LogP contribution in [-0.4, -0.2) is 49.9 Å². The summed E-state index contributed by atoms with van der Waals surface area (Å²) < 4.78 is 20.8. The number of carbonyl (C=O) groups excluding carboxylic acids is 3. The van der Waals surface area contributed by atoms with E-state index in [0.29, 0.717) is 0 Å². The van der Waals surface area contributed by atoms with Gasteiger partial charge in [-0.3, -0.25) is 14.4 Å². The molecule has 0 aromatic rings. The predicted octanol–water partition coefficient (Wildman–Crippen LogP) is 0.938. The molecule has 22 heavy (non-hydrogen) atoms. The number of ketones is 1. The monoisotopic (exact) mass is 332 g/mol. The lowest BCUT2D eigenvalue weighted by Crippen LogP contribution is -2.40. The van der Waals surface area contributed by atoms with Crippen molar-refractivity contribution in [1.82, 2.24) is 0 Å². The Bertz CT molecular complexity index is 501. The van der Waals surface area contributed by atoms with E-state index in [1.807, 2.05) is 0 Å². The summed E-state index contributed by atoms with van der Waals surface area (Å²) in [7, 11) is 0. The number of rotatable bonds is 5. The molecule has 8 heteroatoms. The number of ether oxygens (including phenoxy) is 4. The van der Waals surface area contributed by atoms with Crippen LogP contribution >= 0.6 is 11.6 Å². The third-order valence-corrected chi connectivity index (χ3v) is 3.79. The highest BCUT2D eigenvalue weighted by molar-refractivity contribution is 6.44. The molecule has 2 rings (SSSR count). The molecule has 1 aliphatic heterocycles. The van der Waals surface area contributed by atoms with Crippen molar-refractivity contribution in [3.05, 3.63) is 10.6 Å². The highest BCUT2D eigenvalue weighted by Gasteiger charge is 2.56. The number of Topliss-reactive ketones (excluding diaryl/α,β-unsaturated/α-hetero) is 1. The van der Waals surface area contributed by atoms with Gasteiger partial charge in [0.1, 0.15) is 0 Å². The molecule has 1 fully saturated rings. The molecule has 0 saturated carbocycles. The van der Waals surface area contributed by atoms with E-state index in [-0.39, 0.29) is 43.5 Å². The molecule has 0 aromatic carbocycles. The third kappa shape index (κ3) is 2.88. The minimum atomic E-state index is -1.48. The standard InChI is InChI=1S/C14H17ClO7/c1-3-19-12(17)9(13(18)20-4-2)10-11(15)8(16)7-14(10)21-5-6-22-14/h9H,3-7H2,1-2H3. The summed E-state index contributed by atoms with van der Waals surface area (Å²) in [4.78, 5) is 36.4. The van der Waals surface area contributed by atoms with Gasteiger partial charge in [0.2, 0.25) is 5.79 Å². The number of esters is 2. The van der Waals surface area contributed by atoms with Crippen molar-refractivity contribution >= 4 is 29.3 Å². The zero-order chi connectivity index (χ0) is 16.3. The first kappa shape index (κ1) is 16.9. The van der Waals surface area contributed by atoms with Gasteiger partial charge < -0.3 is 18.9 Å². The van der Waals surface area contributed by atoms with E-state index in [2.05, 4.69) is 0 Å². The fourth-order valence-corrected chi connectivity index (χ4v) is 2.86. The van der Waals surface area contributed by atoms with E-state index in [4.69, 9.17) is 30.5 Å². The van der Waals surface area contributed by atoms with Gasteiger partial charge >= 0.3 is 11.9 Å². The van der Waals surface area contributed by atoms with E-state index in [1.165, 1.54) is 0 Å². The molecule has 0 atom stereocenters. The van der Waals surface area contributed by atoms with Crippen molar-refractivity contribution in [3.63, 3.8) is 0 Å². The van der Waals surface area contributed by atoms with Crippen molar-refractivity contribution in [1.29, 1.82) is 0 Å². The Balaban J connectivity index is 2.45. The van der Waals surface area contributed by atoms with E-state index >= 15 is 0 Å². The van der Waals surface area contributed by atoms with Crippen LogP contribution in [0.1, 0.15) is 20.3 Å². The van der Waals surface area contributed by atoms with Gasteiger partial charge in [-0.2, -0.15) is 0 Å². The maximum absolute atomic E-state index is 12.2. The molecule has 0 unspecified atom stereocenters. The first-order valence-corrected chi connectivity index (χ1v) is 7.39. The Hall–Kier alpha value is -1.44. The molecule has 0 bridgehead atoms. The summed E-state index contributed by atoms with van der Waals surface area (Å²) >= 11 is 6.04. The molecule has 2 aliphatic rings. The molecule has 1 heterocycles. The van der Waals surface area contributed by atoms with E-state index in [9.17, 15) is 14.4 Å². The normalized spacial score (nSPS) is 20.1. The summed E-state index contributed by atoms with van der Waals surface area (Å²) in [5.74, 6) is -5.09. The van der Waals surface area contributed by atoms with Crippen LogP contribution in [0.3, 0.4) is 0 Å². The van der Waals surface area contributed by atoms with Gasteiger partial charge in [-0.05, 0) is 13.8 Å². The summed E-state index contributed by atoms with van der Waals surface area (Å²) in [6.45, 7) is 3.83. The minimum Gasteiger partial charge on any atom is -0.465 e. The molecule has 1 saturated heterocycles. The first-order valence-electron chi connectivity index (χ1n) is 7.01. The average molecular weight is 333 g/mol. The SMILES string of the molecule is CCOC(=O)C(C(=O)OCC)C1=C(Cl)C(=O)CC12OCCO2. The van der Waals surface area contributed by atoms with Crippen molar-refractivity contribution < 1.29 is 33.3 Å². The molecule has 0 aromatic heterocycles. The summed E-state index contributed by atoms with van der Waals surface area (Å²) in [5.41, 5.74) is -0.0198.